The van der Waals surface area contributed by atoms with Gasteiger partial charge in [-0.1, -0.05) is 133 Å². The van der Waals surface area contributed by atoms with E-state index < -0.39 is 15.5 Å². The molecule has 0 saturated heterocycles. The van der Waals surface area contributed by atoms with Crippen molar-refractivity contribution in [2.45, 2.75) is 121 Å². The quantitative estimate of drug-likeness (QED) is 0.316. The van der Waals surface area contributed by atoms with Crippen molar-refractivity contribution < 1.29 is 0 Å². The standard InChI is InChI=1S/C36H54N2P2/c1-23(2)27-17-15-18-28(24(3)4)33(27)37-31(35(9,10)11)21-40-38(32(22-39(37)40)36(12,13)14)34-29(25(5)6)19-16-20-30(34)26(7)8/h15-26H,1-14H3. The summed E-state index contributed by atoms with van der Waals surface area (Å²) in [5.74, 6) is 7.31. The van der Waals surface area contributed by atoms with Crippen LogP contribution in [0.25, 0.3) is 0 Å². The molecule has 2 nitrogen and oxygen atoms in total. The Morgan fingerprint density at radius 3 is 0.925 bits per heavy atom. The van der Waals surface area contributed by atoms with E-state index in [4.69, 9.17) is 0 Å². The van der Waals surface area contributed by atoms with Crippen LogP contribution < -0.4 is 9.34 Å². The summed E-state index contributed by atoms with van der Waals surface area (Å²) in [6.45, 7) is 33.4. The molecule has 2 aliphatic rings. The zero-order chi connectivity index (χ0) is 29.9. The minimum Gasteiger partial charge on any atom is -0.313 e. The molecule has 0 aliphatic carbocycles. The smallest absolute Gasteiger partial charge is 0.0731 e. The fourth-order valence-corrected chi connectivity index (χ4v) is 14.0. The van der Waals surface area contributed by atoms with Crippen LogP contribution in [-0.2, 0) is 0 Å². The summed E-state index contributed by atoms with van der Waals surface area (Å²) in [7, 11) is -1.16. The topological polar surface area (TPSA) is 6.48 Å². The van der Waals surface area contributed by atoms with E-state index in [2.05, 4.69) is 154 Å². The molecule has 0 bridgehead atoms. The van der Waals surface area contributed by atoms with Gasteiger partial charge in [-0.25, -0.2) is 0 Å². The SMILES string of the molecule is CC(C)c1cccc(C(C)C)c1N1C(C(C)(C)C)=CP2N(c3c(C(C)C)cccc3C(C)C)C(C(C)(C)C)=CP12. The van der Waals surface area contributed by atoms with Crippen LogP contribution in [0, 0.1) is 10.8 Å². The first-order valence-corrected chi connectivity index (χ1v) is 18.8. The minimum absolute atomic E-state index is 0.0488. The Bertz CT molecular complexity index is 1150. The molecule has 0 saturated carbocycles. The zero-order valence-corrected chi connectivity index (χ0v) is 29.5. The lowest BCUT2D eigenvalue weighted by Crippen LogP contribution is -2.26. The van der Waals surface area contributed by atoms with E-state index in [1.807, 2.05) is 0 Å². The largest absolute Gasteiger partial charge is 0.313 e. The van der Waals surface area contributed by atoms with E-state index >= 15 is 0 Å². The van der Waals surface area contributed by atoms with Crippen LogP contribution in [0.15, 0.2) is 59.4 Å². The highest BCUT2D eigenvalue weighted by Crippen LogP contribution is 2.87. The lowest BCUT2D eigenvalue weighted by atomic mass is 9.89. The molecule has 2 atom stereocenters. The number of para-hydroxylation sites is 2. The Morgan fingerprint density at radius 1 is 0.475 bits per heavy atom. The van der Waals surface area contributed by atoms with Crippen LogP contribution in [0.5, 0.6) is 0 Å². The van der Waals surface area contributed by atoms with Gasteiger partial charge in [0.1, 0.15) is 0 Å². The molecule has 2 aromatic rings. The normalized spacial score (nSPS) is 19.9. The molecular formula is C36H54N2P2. The van der Waals surface area contributed by atoms with Crippen molar-refractivity contribution in [1.82, 2.24) is 0 Å². The van der Waals surface area contributed by atoms with Crippen molar-refractivity contribution in [1.29, 1.82) is 0 Å². The van der Waals surface area contributed by atoms with E-state index in [0.717, 1.165) is 0 Å². The van der Waals surface area contributed by atoms with Crippen LogP contribution in [0.2, 0.25) is 0 Å². The van der Waals surface area contributed by atoms with Gasteiger partial charge in [0.05, 0.1) is 26.9 Å². The molecule has 2 heterocycles. The molecule has 0 amide bonds. The molecule has 0 radical (unpaired) electrons. The second-order valence-corrected chi connectivity index (χ2v) is 20.0. The Balaban J connectivity index is 2.06. The Kier molecular flexibility index (Phi) is 8.79. The van der Waals surface area contributed by atoms with Gasteiger partial charge in [-0.05, 0) is 57.6 Å². The molecule has 0 fully saturated rings. The van der Waals surface area contributed by atoms with E-state index in [9.17, 15) is 0 Å². The summed E-state index contributed by atoms with van der Waals surface area (Å²) in [5, 5.41) is 0. The summed E-state index contributed by atoms with van der Waals surface area (Å²) in [6, 6.07) is 14.1. The van der Waals surface area contributed by atoms with Crippen LogP contribution in [0.3, 0.4) is 0 Å². The summed E-state index contributed by atoms with van der Waals surface area (Å²) in [4.78, 5) is 0. The van der Waals surface area contributed by atoms with Crippen molar-refractivity contribution in [2.24, 2.45) is 10.8 Å². The first-order chi connectivity index (χ1) is 18.5. The molecule has 2 aromatic carbocycles. The molecule has 2 unspecified atom stereocenters. The predicted molar refractivity (Wildman–Crippen MR) is 183 cm³/mol. The van der Waals surface area contributed by atoms with Crippen LogP contribution >= 0.6 is 15.5 Å². The predicted octanol–water partition coefficient (Wildman–Crippen LogP) is 13.0. The van der Waals surface area contributed by atoms with Gasteiger partial charge in [0.2, 0.25) is 0 Å². The Labute approximate surface area is 248 Å². The molecule has 40 heavy (non-hydrogen) atoms. The van der Waals surface area contributed by atoms with Crippen molar-refractivity contribution >= 4 is 26.9 Å². The molecule has 4 heteroatoms. The highest BCUT2D eigenvalue weighted by molar-refractivity contribution is 8.34. The van der Waals surface area contributed by atoms with Crippen molar-refractivity contribution in [3.05, 3.63) is 81.7 Å². The fraction of sp³-hybridized carbons (Fsp3) is 0.556. The molecule has 0 spiro atoms. The number of allylic oxidation sites excluding steroid dienone is 2. The number of hydrogen-bond acceptors (Lipinski definition) is 2. The maximum atomic E-state index is 2.85. The van der Waals surface area contributed by atoms with Gasteiger partial charge in [-0.3, -0.25) is 0 Å². The molecule has 4 rings (SSSR count). The molecular weight excluding hydrogens is 522 g/mol. The average Bonchev–Trinajstić information content (AvgIpc) is 3.39. The van der Waals surface area contributed by atoms with E-state index in [1.54, 1.807) is 0 Å². The summed E-state index contributed by atoms with van der Waals surface area (Å²) >= 11 is 0. The first-order valence-electron chi connectivity index (χ1n) is 15.3. The van der Waals surface area contributed by atoms with Crippen molar-refractivity contribution in [3.63, 3.8) is 0 Å². The molecule has 218 valence electrons. The summed E-state index contributed by atoms with van der Waals surface area (Å²) in [5.41, 5.74) is 12.0. The van der Waals surface area contributed by atoms with Crippen LogP contribution in [-0.4, -0.2) is 0 Å². The summed E-state index contributed by atoms with van der Waals surface area (Å²) < 4.78 is 5.70. The van der Waals surface area contributed by atoms with Gasteiger partial charge in [0.25, 0.3) is 0 Å². The highest BCUT2D eigenvalue weighted by atomic mass is 32.1. The minimum atomic E-state index is -0.579. The Hall–Kier alpha value is -1.62. The van der Waals surface area contributed by atoms with E-state index in [0.29, 0.717) is 23.7 Å². The molecule has 2 aliphatic heterocycles. The van der Waals surface area contributed by atoms with Gasteiger partial charge < -0.3 is 9.34 Å². The highest BCUT2D eigenvalue weighted by Gasteiger charge is 2.50. The number of fused-ring (bicyclic) bond motifs is 1. The lowest BCUT2D eigenvalue weighted by molar-refractivity contribution is 0.497. The maximum Gasteiger partial charge on any atom is 0.0731 e. The van der Waals surface area contributed by atoms with Crippen LogP contribution in [0.1, 0.15) is 143 Å². The second-order valence-electron chi connectivity index (χ2n) is 15.0. The molecule has 0 aromatic heterocycles. The Morgan fingerprint density at radius 2 is 0.725 bits per heavy atom. The van der Waals surface area contributed by atoms with E-state index in [1.165, 1.54) is 45.0 Å². The third-order valence-electron chi connectivity index (χ3n) is 8.20. The third-order valence-corrected chi connectivity index (χ3v) is 14.2. The van der Waals surface area contributed by atoms with Gasteiger partial charge in [-0.2, -0.15) is 0 Å². The maximum absolute atomic E-state index is 2.85. The number of benzene rings is 2. The fourth-order valence-electron chi connectivity index (χ4n) is 5.95. The number of rotatable bonds is 6. The first kappa shape index (κ1) is 31.3. The second kappa shape index (κ2) is 11.2. The average molecular weight is 577 g/mol. The molecule has 0 N–H and O–H groups in total. The van der Waals surface area contributed by atoms with Gasteiger partial charge >= 0.3 is 0 Å². The van der Waals surface area contributed by atoms with Crippen molar-refractivity contribution in [3.8, 4) is 0 Å². The third kappa shape index (κ3) is 5.57. The number of hydrogen-bond donors (Lipinski definition) is 0. The number of nitrogens with zero attached hydrogens (tertiary/aromatic N) is 2. The van der Waals surface area contributed by atoms with Gasteiger partial charge in [-0.15, -0.1) is 0 Å². The van der Waals surface area contributed by atoms with Gasteiger partial charge in [0, 0.05) is 22.2 Å². The monoisotopic (exact) mass is 576 g/mol. The van der Waals surface area contributed by atoms with Crippen LogP contribution in [0.4, 0.5) is 11.4 Å². The van der Waals surface area contributed by atoms with E-state index in [-0.39, 0.29) is 10.8 Å². The zero-order valence-electron chi connectivity index (χ0n) is 27.7. The van der Waals surface area contributed by atoms with Gasteiger partial charge in [0.15, 0.2) is 0 Å². The number of anilines is 2. The summed E-state index contributed by atoms with van der Waals surface area (Å²) in [6.07, 6.45) is 0. The van der Waals surface area contributed by atoms with Crippen molar-refractivity contribution in [2.75, 3.05) is 9.34 Å². The lowest BCUT2D eigenvalue weighted by Gasteiger charge is -2.39.